The molecule has 3 aromatic rings. The molecule has 0 spiro atoms. The van der Waals surface area contributed by atoms with Gasteiger partial charge in [0.1, 0.15) is 20.4 Å². The number of aryl methyl sites for hydroxylation is 2. The number of amides is 1. The number of aromatic nitrogens is 2. The number of carbonyl (C=O) groups is 1. The van der Waals surface area contributed by atoms with Gasteiger partial charge >= 0.3 is 0 Å². The highest BCUT2D eigenvalue weighted by Crippen LogP contribution is 2.34. The molecule has 0 fully saturated rings. The van der Waals surface area contributed by atoms with E-state index in [1.54, 1.807) is 0 Å². The van der Waals surface area contributed by atoms with Crippen LogP contribution < -0.4 is 11.1 Å². The fraction of sp³-hybridized carbons (Fsp3) is 0.235. The first-order valence-corrected chi connectivity index (χ1v) is 10.6. The van der Waals surface area contributed by atoms with Crippen LogP contribution in [-0.2, 0) is 16.4 Å². The smallest absolute Gasteiger partial charge is 0.263 e. The van der Waals surface area contributed by atoms with Crippen LogP contribution in [0.25, 0.3) is 10.2 Å². The van der Waals surface area contributed by atoms with Gasteiger partial charge in [-0.05, 0) is 37.1 Å². The highest BCUT2D eigenvalue weighted by molar-refractivity contribution is 7.90. The van der Waals surface area contributed by atoms with Gasteiger partial charge in [0.05, 0.1) is 11.4 Å². The summed E-state index contributed by atoms with van der Waals surface area (Å²) < 4.78 is 36.9. The number of fused-ring (bicyclic) bond motifs is 1. The lowest BCUT2D eigenvalue weighted by atomic mass is 10.1. The predicted molar refractivity (Wildman–Crippen MR) is 102 cm³/mol. The molecule has 142 valence electrons. The number of nitrogen functional groups attached to an aromatic ring is 1. The van der Waals surface area contributed by atoms with Gasteiger partial charge in [-0.3, -0.25) is 4.79 Å². The molecule has 2 heterocycles. The number of nitrogens with two attached hydrogens (primary N) is 1. The Morgan fingerprint density at radius 3 is 2.63 bits per heavy atom. The summed E-state index contributed by atoms with van der Waals surface area (Å²) in [6, 6.07) is 3.72. The third-order valence-corrected chi connectivity index (χ3v) is 6.41. The number of carbonyl (C=O) groups excluding carboxylic acids is 1. The Labute approximate surface area is 159 Å². The first-order valence-electron chi connectivity index (χ1n) is 7.88. The van der Waals surface area contributed by atoms with Crippen LogP contribution in [-0.4, -0.2) is 30.8 Å². The van der Waals surface area contributed by atoms with Crippen LogP contribution >= 0.6 is 11.3 Å². The van der Waals surface area contributed by atoms with E-state index in [9.17, 15) is 17.6 Å². The summed E-state index contributed by atoms with van der Waals surface area (Å²) in [5.41, 5.74) is 8.49. The van der Waals surface area contributed by atoms with Crippen molar-refractivity contribution in [1.82, 2.24) is 15.5 Å². The molecule has 0 saturated carbocycles. The molecule has 1 amide bonds. The molecule has 0 bridgehead atoms. The van der Waals surface area contributed by atoms with Crippen LogP contribution in [0.5, 0.6) is 0 Å². The third kappa shape index (κ3) is 3.62. The molecule has 0 aliphatic rings. The van der Waals surface area contributed by atoms with Crippen LogP contribution in [0.2, 0.25) is 0 Å². The number of nitrogens with zero attached hydrogens (tertiary/aromatic N) is 2. The number of rotatable bonds is 4. The Kier molecular flexibility index (Phi) is 4.87. The highest BCUT2D eigenvalue weighted by Gasteiger charge is 2.20. The summed E-state index contributed by atoms with van der Waals surface area (Å²) >= 11 is 1.13. The highest BCUT2D eigenvalue weighted by atomic mass is 32.2. The molecule has 3 N–H and O–H groups in total. The van der Waals surface area contributed by atoms with E-state index in [-0.39, 0.29) is 11.4 Å². The molecule has 0 atom stereocenters. The van der Waals surface area contributed by atoms with Crippen molar-refractivity contribution in [3.63, 3.8) is 0 Å². The van der Waals surface area contributed by atoms with Gasteiger partial charge in [0.25, 0.3) is 5.91 Å². The fourth-order valence-corrected chi connectivity index (χ4v) is 4.37. The van der Waals surface area contributed by atoms with Crippen LogP contribution in [0.3, 0.4) is 0 Å². The van der Waals surface area contributed by atoms with Gasteiger partial charge in [0.2, 0.25) is 0 Å². The standard InChI is InChI=1S/C17H17FN4O3S2/c1-8-9(2)21-22-17-13(8)14(19)15(26-17)16(23)20-7-10-4-5-12(11(18)6-10)27(3,24)25/h4-6H,7,19H2,1-3H3,(H,20,23). The normalized spacial score (nSPS) is 11.7. The van der Waals surface area contributed by atoms with E-state index >= 15 is 0 Å². The zero-order chi connectivity index (χ0) is 19.9. The largest absolute Gasteiger partial charge is 0.397 e. The maximum absolute atomic E-state index is 14.0. The van der Waals surface area contributed by atoms with Crippen LogP contribution in [0.4, 0.5) is 10.1 Å². The van der Waals surface area contributed by atoms with E-state index in [0.717, 1.165) is 34.9 Å². The zero-order valence-corrected chi connectivity index (χ0v) is 16.5. The second kappa shape index (κ2) is 6.86. The van der Waals surface area contributed by atoms with Gasteiger partial charge < -0.3 is 11.1 Å². The molecule has 0 unspecified atom stereocenters. The van der Waals surface area contributed by atoms with E-state index in [1.165, 1.54) is 12.1 Å². The number of anilines is 1. The molecule has 2 aromatic heterocycles. The lowest BCUT2D eigenvalue weighted by molar-refractivity contribution is 0.0955. The van der Waals surface area contributed by atoms with E-state index in [2.05, 4.69) is 15.5 Å². The number of benzene rings is 1. The van der Waals surface area contributed by atoms with Gasteiger partial charge in [-0.15, -0.1) is 16.4 Å². The Morgan fingerprint density at radius 1 is 1.30 bits per heavy atom. The molecule has 27 heavy (non-hydrogen) atoms. The second-order valence-corrected chi connectivity index (χ2v) is 9.14. The van der Waals surface area contributed by atoms with Crippen molar-refractivity contribution < 1.29 is 17.6 Å². The van der Waals surface area contributed by atoms with Gasteiger partial charge in [-0.1, -0.05) is 6.07 Å². The Morgan fingerprint density at radius 2 is 2.00 bits per heavy atom. The van der Waals surface area contributed by atoms with E-state index in [0.29, 0.717) is 26.3 Å². The Hall–Kier alpha value is -2.59. The summed E-state index contributed by atoms with van der Waals surface area (Å²) in [7, 11) is -3.64. The third-order valence-electron chi connectivity index (χ3n) is 4.19. The number of thiophene rings is 1. The molecular formula is C17H17FN4O3S2. The number of sulfone groups is 1. The lowest BCUT2D eigenvalue weighted by Gasteiger charge is -2.07. The fourth-order valence-electron chi connectivity index (χ4n) is 2.63. The molecule has 0 aliphatic heterocycles. The summed E-state index contributed by atoms with van der Waals surface area (Å²) in [4.78, 5) is 13.0. The lowest BCUT2D eigenvalue weighted by Crippen LogP contribution is -2.22. The van der Waals surface area contributed by atoms with Crippen molar-refractivity contribution in [1.29, 1.82) is 0 Å². The van der Waals surface area contributed by atoms with Crippen LogP contribution in [0.15, 0.2) is 23.1 Å². The zero-order valence-electron chi connectivity index (χ0n) is 14.8. The van der Waals surface area contributed by atoms with E-state index in [4.69, 9.17) is 5.73 Å². The number of hydrogen-bond donors (Lipinski definition) is 2. The minimum Gasteiger partial charge on any atom is -0.397 e. The van der Waals surface area contributed by atoms with Crippen LogP contribution in [0.1, 0.15) is 26.5 Å². The average molecular weight is 408 g/mol. The Balaban J connectivity index is 1.83. The quantitative estimate of drug-likeness (QED) is 0.685. The predicted octanol–water partition coefficient (Wildman–Crippen LogP) is 2.36. The first kappa shape index (κ1) is 19.2. The Bertz CT molecular complexity index is 1170. The molecular weight excluding hydrogens is 391 g/mol. The van der Waals surface area contributed by atoms with Gasteiger partial charge in [-0.2, -0.15) is 5.10 Å². The minimum absolute atomic E-state index is 0.0250. The first-order chi connectivity index (χ1) is 12.6. The van der Waals surface area contributed by atoms with E-state index < -0.39 is 21.6 Å². The topological polar surface area (TPSA) is 115 Å². The van der Waals surface area contributed by atoms with Crippen molar-refractivity contribution in [2.45, 2.75) is 25.3 Å². The van der Waals surface area contributed by atoms with Crippen molar-refractivity contribution in [2.24, 2.45) is 0 Å². The monoisotopic (exact) mass is 408 g/mol. The van der Waals surface area contributed by atoms with Crippen molar-refractivity contribution in [3.05, 3.63) is 45.7 Å². The molecule has 1 aromatic carbocycles. The summed E-state index contributed by atoms with van der Waals surface area (Å²) in [5, 5.41) is 11.5. The summed E-state index contributed by atoms with van der Waals surface area (Å²) in [5.74, 6) is -1.27. The maximum Gasteiger partial charge on any atom is 0.263 e. The summed E-state index contributed by atoms with van der Waals surface area (Å²) in [6.07, 6.45) is 0.934. The van der Waals surface area contributed by atoms with Crippen molar-refractivity contribution in [3.8, 4) is 0 Å². The van der Waals surface area contributed by atoms with Crippen molar-refractivity contribution in [2.75, 3.05) is 12.0 Å². The molecule has 7 nitrogen and oxygen atoms in total. The molecule has 0 saturated heterocycles. The molecule has 0 radical (unpaired) electrons. The minimum atomic E-state index is -3.64. The van der Waals surface area contributed by atoms with Crippen LogP contribution in [0, 0.1) is 19.7 Å². The second-order valence-electron chi connectivity index (χ2n) is 6.16. The number of nitrogens with one attached hydrogen (secondary N) is 1. The van der Waals surface area contributed by atoms with Gasteiger partial charge in [0, 0.05) is 18.2 Å². The van der Waals surface area contributed by atoms with Gasteiger partial charge in [0.15, 0.2) is 9.84 Å². The molecule has 3 rings (SSSR count). The van der Waals surface area contributed by atoms with Gasteiger partial charge in [-0.25, -0.2) is 12.8 Å². The molecule has 0 aliphatic carbocycles. The number of halogens is 1. The maximum atomic E-state index is 14.0. The summed E-state index contributed by atoms with van der Waals surface area (Å²) in [6.45, 7) is 3.70. The average Bonchev–Trinajstić information content (AvgIpc) is 2.92. The molecule has 10 heteroatoms. The van der Waals surface area contributed by atoms with Crippen molar-refractivity contribution >= 4 is 43.0 Å². The van der Waals surface area contributed by atoms with E-state index in [1.807, 2.05) is 13.8 Å². The SMILES string of the molecule is Cc1nnc2sc(C(=O)NCc3ccc(S(C)(=O)=O)c(F)c3)c(N)c2c1C. The number of hydrogen-bond acceptors (Lipinski definition) is 7.